The van der Waals surface area contributed by atoms with Gasteiger partial charge in [0.05, 0.1) is 0 Å². The van der Waals surface area contributed by atoms with Crippen LogP contribution < -0.4 is 10.5 Å². The minimum Gasteiger partial charge on any atom is -0.490 e. The van der Waals surface area contributed by atoms with Crippen LogP contribution in [0.15, 0.2) is 18.2 Å². The van der Waals surface area contributed by atoms with Gasteiger partial charge in [0.25, 0.3) is 0 Å². The fourth-order valence-corrected chi connectivity index (χ4v) is 1.77. The van der Waals surface area contributed by atoms with Crippen LogP contribution >= 0.6 is 0 Å². The molecule has 1 atom stereocenters. The Morgan fingerprint density at radius 1 is 1.54 bits per heavy atom. The predicted octanol–water partition coefficient (Wildman–Crippen LogP) is 1.51. The predicted molar refractivity (Wildman–Crippen MR) is 53.0 cm³/mol. The highest BCUT2D eigenvalue weighted by Gasteiger charge is 2.18. The molecule has 0 aliphatic carbocycles. The monoisotopic (exact) mass is 177 g/mol. The van der Waals surface area contributed by atoms with Crippen LogP contribution in [-0.4, -0.2) is 12.6 Å². The van der Waals surface area contributed by atoms with Crippen molar-refractivity contribution in [3.63, 3.8) is 0 Å². The highest BCUT2D eigenvalue weighted by atomic mass is 16.5. The Kier molecular flexibility index (Phi) is 2.23. The molecule has 0 bridgehead atoms. The molecule has 0 amide bonds. The lowest BCUT2D eigenvalue weighted by molar-refractivity contribution is 0.254. The zero-order chi connectivity index (χ0) is 9.26. The van der Waals surface area contributed by atoms with E-state index in [0.29, 0.717) is 12.6 Å². The minimum absolute atomic E-state index is 0.336. The summed E-state index contributed by atoms with van der Waals surface area (Å²) in [5.41, 5.74) is 8.09. The van der Waals surface area contributed by atoms with Crippen molar-refractivity contribution < 1.29 is 4.74 Å². The maximum atomic E-state index is 5.65. The van der Waals surface area contributed by atoms with E-state index in [2.05, 4.69) is 25.1 Å². The molecular weight excluding hydrogens is 162 g/mol. The van der Waals surface area contributed by atoms with E-state index in [-0.39, 0.29) is 0 Å². The SMILES string of the molecule is CC1Cc2ccc(CCN)cc2O1. The molecule has 0 radical (unpaired) electrons. The first-order valence-corrected chi connectivity index (χ1v) is 4.78. The van der Waals surface area contributed by atoms with Gasteiger partial charge in [0.15, 0.2) is 0 Å². The fraction of sp³-hybridized carbons (Fsp3) is 0.455. The van der Waals surface area contributed by atoms with Gasteiger partial charge in [-0.1, -0.05) is 12.1 Å². The highest BCUT2D eigenvalue weighted by Crippen LogP contribution is 2.29. The Morgan fingerprint density at radius 3 is 3.15 bits per heavy atom. The Hall–Kier alpha value is -1.02. The van der Waals surface area contributed by atoms with Crippen LogP contribution in [-0.2, 0) is 12.8 Å². The van der Waals surface area contributed by atoms with Gasteiger partial charge in [-0.2, -0.15) is 0 Å². The lowest BCUT2D eigenvalue weighted by Gasteiger charge is -2.04. The van der Waals surface area contributed by atoms with Gasteiger partial charge in [0.2, 0.25) is 0 Å². The van der Waals surface area contributed by atoms with E-state index in [1.54, 1.807) is 0 Å². The first kappa shape index (κ1) is 8.57. The van der Waals surface area contributed by atoms with Gasteiger partial charge in [0, 0.05) is 6.42 Å². The Labute approximate surface area is 78.7 Å². The summed E-state index contributed by atoms with van der Waals surface area (Å²) in [7, 11) is 0. The standard InChI is InChI=1S/C11H15NO/c1-8-6-10-3-2-9(4-5-12)7-11(10)13-8/h2-3,7-8H,4-6,12H2,1H3. The number of hydrogen-bond acceptors (Lipinski definition) is 2. The van der Waals surface area contributed by atoms with E-state index in [1.165, 1.54) is 11.1 Å². The van der Waals surface area contributed by atoms with Gasteiger partial charge in [-0.3, -0.25) is 0 Å². The molecule has 0 saturated carbocycles. The topological polar surface area (TPSA) is 35.2 Å². The quantitative estimate of drug-likeness (QED) is 0.743. The molecule has 1 aliphatic heterocycles. The Balaban J connectivity index is 2.24. The molecular formula is C11H15NO. The zero-order valence-electron chi connectivity index (χ0n) is 7.92. The second kappa shape index (κ2) is 3.38. The van der Waals surface area contributed by atoms with Crippen molar-refractivity contribution in [1.29, 1.82) is 0 Å². The minimum atomic E-state index is 0.336. The van der Waals surface area contributed by atoms with E-state index >= 15 is 0 Å². The Bertz CT molecular complexity index is 309. The van der Waals surface area contributed by atoms with E-state index in [1.807, 2.05) is 0 Å². The maximum Gasteiger partial charge on any atom is 0.123 e. The van der Waals surface area contributed by atoms with Gasteiger partial charge < -0.3 is 10.5 Å². The zero-order valence-corrected chi connectivity index (χ0v) is 7.92. The smallest absolute Gasteiger partial charge is 0.123 e. The third kappa shape index (κ3) is 1.68. The lowest BCUT2D eigenvalue weighted by atomic mass is 10.1. The summed E-state index contributed by atoms with van der Waals surface area (Å²) in [6, 6.07) is 6.42. The number of fused-ring (bicyclic) bond motifs is 1. The van der Waals surface area contributed by atoms with Crippen molar-refractivity contribution >= 4 is 0 Å². The summed E-state index contributed by atoms with van der Waals surface area (Å²) in [5, 5.41) is 0. The van der Waals surface area contributed by atoms with Crippen molar-refractivity contribution in [2.24, 2.45) is 5.73 Å². The second-order valence-corrected chi connectivity index (χ2v) is 3.61. The molecule has 1 aromatic carbocycles. The number of benzene rings is 1. The maximum absolute atomic E-state index is 5.65. The summed E-state index contributed by atoms with van der Waals surface area (Å²) in [6.45, 7) is 2.80. The van der Waals surface area contributed by atoms with Crippen LogP contribution in [0, 0.1) is 0 Å². The van der Waals surface area contributed by atoms with Crippen molar-refractivity contribution in [2.45, 2.75) is 25.9 Å². The fourth-order valence-electron chi connectivity index (χ4n) is 1.77. The molecule has 0 fully saturated rings. The molecule has 1 unspecified atom stereocenters. The molecule has 0 aromatic heterocycles. The molecule has 1 aromatic rings. The third-order valence-electron chi connectivity index (χ3n) is 2.40. The van der Waals surface area contributed by atoms with Crippen LogP contribution in [0.2, 0.25) is 0 Å². The molecule has 2 N–H and O–H groups in total. The summed E-state index contributed by atoms with van der Waals surface area (Å²) in [4.78, 5) is 0. The molecule has 0 spiro atoms. The number of rotatable bonds is 2. The van der Waals surface area contributed by atoms with Gasteiger partial charge in [-0.15, -0.1) is 0 Å². The molecule has 70 valence electrons. The average molecular weight is 177 g/mol. The lowest BCUT2D eigenvalue weighted by Crippen LogP contribution is -2.05. The van der Waals surface area contributed by atoms with E-state index in [9.17, 15) is 0 Å². The summed E-state index contributed by atoms with van der Waals surface area (Å²) in [5.74, 6) is 1.05. The summed E-state index contributed by atoms with van der Waals surface area (Å²) in [6.07, 6.45) is 2.31. The van der Waals surface area contributed by atoms with Crippen LogP contribution in [0.5, 0.6) is 5.75 Å². The number of hydrogen-bond donors (Lipinski definition) is 1. The Morgan fingerprint density at radius 2 is 2.38 bits per heavy atom. The number of ether oxygens (including phenoxy) is 1. The number of nitrogens with two attached hydrogens (primary N) is 1. The third-order valence-corrected chi connectivity index (χ3v) is 2.40. The van der Waals surface area contributed by atoms with Crippen molar-refractivity contribution in [3.8, 4) is 5.75 Å². The van der Waals surface area contributed by atoms with E-state index < -0.39 is 0 Å². The largest absolute Gasteiger partial charge is 0.490 e. The van der Waals surface area contributed by atoms with Crippen molar-refractivity contribution in [2.75, 3.05) is 6.54 Å². The van der Waals surface area contributed by atoms with Crippen LogP contribution in [0.4, 0.5) is 0 Å². The van der Waals surface area contributed by atoms with Crippen LogP contribution in [0.3, 0.4) is 0 Å². The van der Waals surface area contributed by atoms with E-state index in [4.69, 9.17) is 10.5 Å². The molecule has 1 heterocycles. The van der Waals surface area contributed by atoms with Crippen LogP contribution in [0.25, 0.3) is 0 Å². The highest BCUT2D eigenvalue weighted by molar-refractivity contribution is 5.40. The molecule has 2 rings (SSSR count). The normalized spacial score (nSPS) is 19.7. The average Bonchev–Trinajstić information content (AvgIpc) is 2.44. The van der Waals surface area contributed by atoms with Gasteiger partial charge in [-0.05, 0) is 37.1 Å². The first-order valence-electron chi connectivity index (χ1n) is 4.78. The van der Waals surface area contributed by atoms with Gasteiger partial charge in [-0.25, -0.2) is 0 Å². The van der Waals surface area contributed by atoms with Gasteiger partial charge >= 0.3 is 0 Å². The molecule has 0 saturated heterocycles. The van der Waals surface area contributed by atoms with E-state index in [0.717, 1.165) is 18.6 Å². The second-order valence-electron chi connectivity index (χ2n) is 3.61. The summed E-state index contributed by atoms with van der Waals surface area (Å²) < 4.78 is 5.65. The van der Waals surface area contributed by atoms with Crippen molar-refractivity contribution in [3.05, 3.63) is 29.3 Å². The van der Waals surface area contributed by atoms with Crippen LogP contribution in [0.1, 0.15) is 18.1 Å². The molecule has 1 aliphatic rings. The van der Waals surface area contributed by atoms with Gasteiger partial charge in [0.1, 0.15) is 11.9 Å². The first-order chi connectivity index (χ1) is 6.29. The molecule has 13 heavy (non-hydrogen) atoms. The molecule has 2 heteroatoms. The summed E-state index contributed by atoms with van der Waals surface area (Å²) >= 11 is 0. The van der Waals surface area contributed by atoms with Crippen molar-refractivity contribution in [1.82, 2.24) is 0 Å². The molecule has 2 nitrogen and oxygen atoms in total.